The van der Waals surface area contributed by atoms with Gasteiger partial charge in [0.2, 0.25) is 0 Å². The topological polar surface area (TPSA) is 0 Å². The largest absolute Gasteiger partial charge is 0.0998 e. The van der Waals surface area contributed by atoms with Crippen LogP contribution in [0.4, 0.5) is 0 Å². The molecule has 1 rings (SSSR count). The molecule has 0 aliphatic heterocycles. The van der Waals surface area contributed by atoms with Crippen LogP contribution >= 0.6 is 0 Å². The molecule has 0 heterocycles. The first kappa shape index (κ1) is 9.05. The van der Waals surface area contributed by atoms with Gasteiger partial charge in [-0.3, -0.25) is 0 Å². The lowest BCUT2D eigenvalue weighted by Crippen LogP contribution is -1.88. The molecule has 0 saturated carbocycles. The van der Waals surface area contributed by atoms with Crippen LogP contribution in [0.15, 0.2) is 30.4 Å². The second kappa shape index (κ2) is 3.57. The number of hydrogen-bond donors (Lipinski definition) is 0. The van der Waals surface area contributed by atoms with Gasteiger partial charge in [0.25, 0.3) is 0 Å². The Balaban J connectivity index is 2.93. The van der Waals surface area contributed by atoms with E-state index in [2.05, 4.69) is 45.5 Å². The maximum atomic E-state index is 3.91. The average molecular weight is 160 g/mol. The summed E-state index contributed by atoms with van der Waals surface area (Å²) in [5.41, 5.74) is 5.28. The minimum absolute atomic E-state index is 1.00. The zero-order chi connectivity index (χ0) is 9.14. The highest BCUT2D eigenvalue weighted by Gasteiger charge is 1.95. The molecule has 0 radical (unpaired) electrons. The smallest absolute Gasteiger partial charge is 0.00724 e. The quantitative estimate of drug-likeness (QED) is 0.581. The third kappa shape index (κ3) is 2.54. The lowest BCUT2D eigenvalue weighted by Gasteiger charge is -2.03. The van der Waals surface area contributed by atoms with E-state index < -0.39 is 0 Å². The molecule has 0 bridgehead atoms. The molecule has 0 unspecified atom stereocenters. The van der Waals surface area contributed by atoms with E-state index in [-0.39, 0.29) is 0 Å². The monoisotopic (exact) mass is 160 g/mol. The van der Waals surface area contributed by atoms with Crippen molar-refractivity contribution in [2.45, 2.75) is 27.2 Å². The normalized spacial score (nSPS) is 9.92. The maximum absolute atomic E-state index is 3.91. The third-order valence-electron chi connectivity index (χ3n) is 1.79. The summed E-state index contributed by atoms with van der Waals surface area (Å²) in [6.45, 7) is 10.2. The van der Waals surface area contributed by atoms with E-state index in [9.17, 15) is 0 Å². The van der Waals surface area contributed by atoms with Crippen LogP contribution in [0.1, 0.15) is 23.6 Å². The van der Waals surface area contributed by atoms with Gasteiger partial charge in [-0.05, 0) is 32.8 Å². The Bertz CT molecular complexity index is 275. The minimum Gasteiger partial charge on any atom is -0.0998 e. The van der Waals surface area contributed by atoms with Crippen molar-refractivity contribution in [3.05, 3.63) is 47.0 Å². The molecule has 0 amide bonds. The summed E-state index contributed by atoms with van der Waals surface area (Å²) in [5.74, 6) is 0. The summed E-state index contributed by atoms with van der Waals surface area (Å²) < 4.78 is 0. The first-order chi connectivity index (χ1) is 5.58. The Morgan fingerprint density at radius 1 is 1.17 bits per heavy atom. The molecular formula is C12H16. The van der Waals surface area contributed by atoms with Gasteiger partial charge in [-0.2, -0.15) is 0 Å². The van der Waals surface area contributed by atoms with Crippen molar-refractivity contribution in [2.75, 3.05) is 0 Å². The molecule has 0 saturated heterocycles. The summed E-state index contributed by atoms with van der Waals surface area (Å²) in [6.07, 6.45) is 1.00. The molecule has 0 aliphatic rings. The number of allylic oxidation sites excluding steroid dienone is 1. The predicted octanol–water partition coefficient (Wildman–Crippen LogP) is 3.42. The van der Waals surface area contributed by atoms with Crippen molar-refractivity contribution in [3.8, 4) is 0 Å². The summed E-state index contributed by atoms with van der Waals surface area (Å²) in [7, 11) is 0. The zero-order valence-electron chi connectivity index (χ0n) is 8.15. The number of aryl methyl sites for hydroxylation is 2. The first-order valence-corrected chi connectivity index (χ1v) is 4.29. The van der Waals surface area contributed by atoms with Gasteiger partial charge >= 0.3 is 0 Å². The van der Waals surface area contributed by atoms with E-state index in [1.54, 1.807) is 0 Å². The highest BCUT2D eigenvalue weighted by Crippen LogP contribution is 2.11. The fourth-order valence-corrected chi connectivity index (χ4v) is 1.52. The van der Waals surface area contributed by atoms with Crippen LogP contribution in [0.25, 0.3) is 0 Å². The van der Waals surface area contributed by atoms with Gasteiger partial charge in [0.1, 0.15) is 0 Å². The molecule has 12 heavy (non-hydrogen) atoms. The lowest BCUT2D eigenvalue weighted by atomic mass is 10.0. The maximum Gasteiger partial charge on any atom is -0.00724 e. The van der Waals surface area contributed by atoms with Crippen LogP contribution < -0.4 is 0 Å². The van der Waals surface area contributed by atoms with Gasteiger partial charge in [-0.15, -0.1) is 0 Å². The molecule has 0 nitrogen and oxygen atoms in total. The van der Waals surface area contributed by atoms with E-state index in [4.69, 9.17) is 0 Å². The Hall–Kier alpha value is -1.04. The third-order valence-corrected chi connectivity index (χ3v) is 1.79. The van der Waals surface area contributed by atoms with Crippen molar-refractivity contribution < 1.29 is 0 Å². The SMILES string of the molecule is C=C(C)Cc1cc(C)cc(C)c1. The second-order valence-corrected chi connectivity index (χ2v) is 3.63. The Labute approximate surface area is 74.9 Å². The van der Waals surface area contributed by atoms with Crippen LogP contribution in [0.3, 0.4) is 0 Å². The average Bonchev–Trinajstić information content (AvgIpc) is 1.81. The molecule has 0 heteroatoms. The van der Waals surface area contributed by atoms with Crippen molar-refractivity contribution in [1.29, 1.82) is 0 Å². The van der Waals surface area contributed by atoms with Crippen LogP contribution in [-0.2, 0) is 6.42 Å². The Kier molecular flexibility index (Phi) is 2.69. The van der Waals surface area contributed by atoms with Gasteiger partial charge in [0.05, 0.1) is 0 Å². The first-order valence-electron chi connectivity index (χ1n) is 4.29. The van der Waals surface area contributed by atoms with E-state index in [1.165, 1.54) is 22.3 Å². The summed E-state index contributed by atoms with van der Waals surface area (Å²) in [5, 5.41) is 0. The molecule has 1 aromatic carbocycles. The molecule has 0 atom stereocenters. The van der Waals surface area contributed by atoms with Crippen LogP contribution in [-0.4, -0.2) is 0 Å². The number of rotatable bonds is 2. The van der Waals surface area contributed by atoms with Crippen molar-refractivity contribution >= 4 is 0 Å². The summed E-state index contributed by atoms with van der Waals surface area (Å²) in [4.78, 5) is 0. The van der Waals surface area contributed by atoms with E-state index in [1.807, 2.05) is 0 Å². The summed E-state index contributed by atoms with van der Waals surface area (Å²) >= 11 is 0. The van der Waals surface area contributed by atoms with Gasteiger partial charge in [0.15, 0.2) is 0 Å². The second-order valence-electron chi connectivity index (χ2n) is 3.63. The number of benzene rings is 1. The van der Waals surface area contributed by atoms with E-state index >= 15 is 0 Å². The van der Waals surface area contributed by atoms with Gasteiger partial charge in [-0.1, -0.05) is 41.5 Å². The molecule has 64 valence electrons. The van der Waals surface area contributed by atoms with Crippen molar-refractivity contribution in [1.82, 2.24) is 0 Å². The highest BCUT2D eigenvalue weighted by molar-refractivity contribution is 5.30. The van der Waals surface area contributed by atoms with Crippen LogP contribution in [0.5, 0.6) is 0 Å². The molecule has 0 spiro atoms. The van der Waals surface area contributed by atoms with Crippen molar-refractivity contribution in [2.24, 2.45) is 0 Å². The van der Waals surface area contributed by atoms with Gasteiger partial charge in [0, 0.05) is 0 Å². The highest BCUT2D eigenvalue weighted by atomic mass is 14.0. The molecule has 0 N–H and O–H groups in total. The molecule has 0 aromatic heterocycles. The van der Waals surface area contributed by atoms with Gasteiger partial charge in [-0.25, -0.2) is 0 Å². The lowest BCUT2D eigenvalue weighted by molar-refractivity contribution is 1.14. The molecule has 0 aliphatic carbocycles. The zero-order valence-corrected chi connectivity index (χ0v) is 8.15. The van der Waals surface area contributed by atoms with Crippen molar-refractivity contribution in [3.63, 3.8) is 0 Å². The molecule has 1 aromatic rings. The minimum atomic E-state index is 1.00. The molecule has 0 fully saturated rings. The summed E-state index contributed by atoms with van der Waals surface area (Å²) in [6, 6.07) is 6.64. The Morgan fingerprint density at radius 3 is 2.08 bits per heavy atom. The fourth-order valence-electron chi connectivity index (χ4n) is 1.52. The Morgan fingerprint density at radius 2 is 1.67 bits per heavy atom. The number of hydrogen-bond acceptors (Lipinski definition) is 0. The van der Waals surface area contributed by atoms with Crippen LogP contribution in [0, 0.1) is 13.8 Å². The molecular weight excluding hydrogens is 144 g/mol. The van der Waals surface area contributed by atoms with Gasteiger partial charge < -0.3 is 0 Å². The van der Waals surface area contributed by atoms with E-state index in [0.29, 0.717) is 0 Å². The fraction of sp³-hybridized carbons (Fsp3) is 0.333. The predicted molar refractivity (Wildman–Crippen MR) is 54.4 cm³/mol. The standard InChI is InChI=1S/C12H16/c1-9(2)5-12-7-10(3)6-11(4)8-12/h6-8H,1,5H2,2-4H3. The van der Waals surface area contributed by atoms with E-state index in [0.717, 1.165) is 6.42 Å². The van der Waals surface area contributed by atoms with Crippen LogP contribution in [0.2, 0.25) is 0 Å².